The van der Waals surface area contributed by atoms with E-state index in [0.717, 1.165) is 17.1 Å². The van der Waals surface area contributed by atoms with Crippen LogP contribution in [-0.4, -0.2) is 29.8 Å². The third-order valence-electron chi connectivity index (χ3n) is 2.42. The molecular formula is C10H17N3O. The van der Waals surface area contributed by atoms with E-state index in [9.17, 15) is 0 Å². The highest BCUT2D eigenvalue weighted by Gasteiger charge is 2.10. The molecule has 4 heteroatoms. The summed E-state index contributed by atoms with van der Waals surface area (Å²) < 4.78 is 0. The van der Waals surface area contributed by atoms with Crippen molar-refractivity contribution in [2.75, 3.05) is 24.3 Å². The van der Waals surface area contributed by atoms with Crippen LogP contribution in [0.25, 0.3) is 0 Å². The predicted molar refractivity (Wildman–Crippen MR) is 58.3 cm³/mol. The number of hydrogen-bond acceptors (Lipinski definition) is 4. The summed E-state index contributed by atoms with van der Waals surface area (Å²) >= 11 is 0. The minimum absolute atomic E-state index is 0.0459. The largest absolute Gasteiger partial charge is 0.398 e. The summed E-state index contributed by atoms with van der Waals surface area (Å²) in [6.07, 6.45) is 1.74. The number of nitrogens with zero attached hydrogens (tertiary/aromatic N) is 2. The van der Waals surface area contributed by atoms with Gasteiger partial charge in [0.25, 0.3) is 0 Å². The molecule has 0 saturated heterocycles. The number of anilines is 2. The molecule has 0 aliphatic rings. The first-order chi connectivity index (χ1) is 6.56. The van der Waals surface area contributed by atoms with E-state index in [1.54, 1.807) is 6.20 Å². The summed E-state index contributed by atoms with van der Waals surface area (Å²) in [6, 6.07) is 1.87. The van der Waals surface area contributed by atoms with Crippen molar-refractivity contribution in [1.82, 2.24) is 4.98 Å². The Bertz CT molecular complexity index is 314. The lowest BCUT2D eigenvalue weighted by Gasteiger charge is -2.24. The molecule has 0 aliphatic carbocycles. The molecule has 0 aromatic carbocycles. The first-order valence-corrected chi connectivity index (χ1v) is 4.62. The van der Waals surface area contributed by atoms with Gasteiger partial charge in [-0.25, -0.2) is 4.98 Å². The molecular weight excluding hydrogens is 178 g/mol. The van der Waals surface area contributed by atoms with Crippen LogP contribution >= 0.6 is 0 Å². The Labute approximate surface area is 84.4 Å². The Hall–Kier alpha value is -1.29. The molecule has 3 N–H and O–H groups in total. The molecule has 0 spiro atoms. The lowest BCUT2D eigenvalue weighted by Crippen LogP contribution is -2.32. The molecule has 1 aromatic heterocycles. The van der Waals surface area contributed by atoms with Gasteiger partial charge in [0, 0.05) is 25.0 Å². The van der Waals surface area contributed by atoms with Crippen LogP contribution in [0.5, 0.6) is 0 Å². The number of aryl methyl sites for hydroxylation is 1. The number of pyridine rings is 1. The van der Waals surface area contributed by atoms with Gasteiger partial charge in [0.2, 0.25) is 0 Å². The Kier molecular flexibility index (Phi) is 3.30. The number of nitrogen functional groups attached to an aromatic ring is 1. The van der Waals surface area contributed by atoms with E-state index in [4.69, 9.17) is 10.8 Å². The van der Waals surface area contributed by atoms with Gasteiger partial charge >= 0.3 is 0 Å². The third-order valence-corrected chi connectivity index (χ3v) is 2.42. The summed E-state index contributed by atoms with van der Waals surface area (Å²) in [5, 5.41) is 8.99. The Morgan fingerprint density at radius 3 is 2.79 bits per heavy atom. The Balaban J connectivity index is 2.91. The van der Waals surface area contributed by atoms with Crippen LogP contribution in [0.4, 0.5) is 11.5 Å². The molecule has 78 valence electrons. The van der Waals surface area contributed by atoms with Crippen molar-refractivity contribution in [3.63, 3.8) is 0 Å². The van der Waals surface area contributed by atoms with Crippen molar-refractivity contribution in [3.8, 4) is 0 Å². The van der Waals surface area contributed by atoms with E-state index in [1.807, 2.05) is 31.9 Å². The highest BCUT2D eigenvalue weighted by atomic mass is 16.3. The lowest BCUT2D eigenvalue weighted by molar-refractivity contribution is 0.270. The first-order valence-electron chi connectivity index (χ1n) is 4.62. The predicted octanol–water partition coefficient (Wildman–Crippen LogP) is 0.789. The SMILES string of the molecule is Cc1cnc(N(C)C(C)CO)cc1N. The van der Waals surface area contributed by atoms with Gasteiger partial charge in [-0.1, -0.05) is 0 Å². The molecule has 0 radical (unpaired) electrons. The molecule has 1 unspecified atom stereocenters. The number of rotatable bonds is 3. The lowest BCUT2D eigenvalue weighted by atomic mass is 10.2. The van der Waals surface area contributed by atoms with E-state index in [0.29, 0.717) is 0 Å². The number of aromatic nitrogens is 1. The second-order valence-corrected chi connectivity index (χ2v) is 3.54. The van der Waals surface area contributed by atoms with Crippen LogP contribution < -0.4 is 10.6 Å². The van der Waals surface area contributed by atoms with E-state index in [-0.39, 0.29) is 12.6 Å². The van der Waals surface area contributed by atoms with Gasteiger partial charge in [-0.2, -0.15) is 0 Å². The molecule has 0 fully saturated rings. The maximum absolute atomic E-state index is 8.99. The highest BCUT2D eigenvalue weighted by Crippen LogP contribution is 2.17. The topological polar surface area (TPSA) is 62.4 Å². The molecule has 0 bridgehead atoms. The average molecular weight is 195 g/mol. The first kappa shape index (κ1) is 10.8. The second-order valence-electron chi connectivity index (χ2n) is 3.54. The minimum atomic E-state index is 0.0459. The molecule has 0 saturated carbocycles. The van der Waals surface area contributed by atoms with Gasteiger partial charge in [-0.15, -0.1) is 0 Å². The van der Waals surface area contributed by atoms with Crippen molar-refractivity contribution in [2.45, 2.75) is 19.9 Å². The fraction of sp³-hybridized carbons (Fsp3) is 0.500. The van der Waals surface area contributed by atoms with Gasteiger partial charge in [0.15, 0.2) is 0 Å². The van der Waals surface area contributed by atoms with Crippen LogP contribution in [-0.2, 0) is 0 Å². The summed E-state index contributed by atoms with van der Waals surface area (Å²) in [5.41, 5.74) is 7.47. The normalized spacial score (nSPS) is 12.6. The van der Waals surface area contributed by atoms with Crippen molar-refractivity contribution in [1.29, 1.82) is 0 Å². The van der Waals surface area contributed by atoms with Crippen molar-refractivity contribution in [3.05, 3.63) is 17.8 Å². The zero-order valence-electron chi connectivity index (χ0n) is 8.86. The van der Waals surface area contributed by atoms with Crippen molar-refractivity contribution >= 4 is 11.5 Å². The summed E-state index contributed by atoms with van der Waals surface area (Å²) in [7, 11) is 1.89. The van der Waals surface area contributed by atoms with Gasteiger partial charge in [-0.05, 0) is 19.4 Å². The summed E-state index contributed by atoms with van der Waals surface area (Å²) in [5.74, 6) is 0.787. The number of nitrogens with two attached hydrogens (primary N) is 1. The summed E-state index contributed by atoms with van der Waals surface area (Å²) in [6.45, 7) is 3.95. The molecule has 1 rings (SSSR count). The Morgan fingerprint density at radius 1 is 1.64 bits per heavy atom. The van der Waals surface area contributed by atoms with Crippen LogP contribution in [0.2, 0.25) is 0 Å². The van der Waals surface area contributed by atoms with E-state index in [2.05, 4.69) is 4.98 Å². The molecule has 1 heterocycles. The van der Waals surface area contributed by atoms with E-state index >= 15 is 0 Å². The number of aliphatic hydroxyl groups excluding tert-OH is 1. The van der Waals surface area contributed by atoms with Crippen LogP contribution in [0.1, 0.15) is 12.5 Å². The molecule has 0 amide bonds. The Morgan fingerprint density at radius 2 is 2.29 bits per heavy atom. The third kappa shape index (κ3) is 2.14. The van der Waals surface area contributed by atoms with Crippen LogP contribution in [0, 0.1) is 6.92 Å². The second kappa shape index (κ2) is 4.28. The number of likely N-dealkylation sites (N-methyl/N-ethyl adjacent to an activating group) is 1. The maximum Gasteiger partial charge on any atom is 0.130 e. The van der Waals surface area contributed by atoms with E-state index in [1.165, 1.54) is 0 Å². The molecule has 1 aromatic rings. The van der Waals surface area contributed by atoms with Gasteiger partial charge in [-0.3, -0.25) is 0 Å². The smallest absolute Gasteiger partial charge is 0.130 e. The van der Waals surface area contributed by atoms with Gasteiger partial charge < -0.3 is 15.7 Å². The monoisotopic (exact) mass is 195 g/mol. The van der Waals surface area contributed by atoms with Gasteiger partial charge in [0.1, 0.15) is 5.82 Å². The quantitative estimate of drug-likeness (QED) is 0.748. The standard InChI is InChI=1S/C10H17N3O/c1-7-5-12-10(4-9(7)11)13(3)8(2)6-14/h4-5,8,14H,6H2,1-3H3,(H2,11,12). The van der Waals surface area contributed by atoms with Crippen molar-refractivity contribution < 1.29 is 5.11 Å². The van der Waals surface area contributed by atoms with Gasteiger partial charge in [0.05, 0.1) is 12.6 Å². The number of hydrogen-bond donors (Lipinski definition) is 2. The molecule has 14 heavy (non-hydrogen) atoms. The summed E-state index contributed by atoms with van der Waals surface area (Å²) in [4.78, 5) is 6.14. The highest BCUT2D eigenvalue weighted by molar-refractivity contribution is 5.54. The zero-order chi connectivity index (χ0) is 10.7. The molecule has 1 atom stereocenters. The van der Waals surface area contributed by atoms with E-state index < -0.39 is 0 Å². The number of aliphatic hydroxyl groups is 1. The van der Waals surface area contributed by atoms with Crippen LogP contribution in [0.3, 0.4) is 0 Å². The van der Waals surface area contributed by atoms with Crippen molar-refractivity contribution in [2.24, 2.45) is 0 Å². The maximum atomic E-state index is 8.99. The minimum Gasteiger partial charge on any atom is -0.398 e. The molecule has 4 nitrogen and oxygen atoms in total. The zero-order valence-corrected chi connectivity index (χ0v) is 8.86. The molecule has 0 aliphatic heterocycles. The fourth-order valence-electron chi connectivity index (χ4n) is 1.07. The van der Waals surface area contributed by atoms with Crippen LogP contribution in [0.15, 0.2) is 12.3 Å². The fourth-order valence-corrected chi connectivity index (χ4v) is 1.07. The average Bonchev–Trinajstić information content (AvgIpc) is 2.20.